The normalized spacial score (nSPS) is 15.1. The lowest BCUT2D eigenvalue weighted by Gasteiger charge is -2.37. The zero-order valence-corrected chi connectivity index (χ0v) is 15.8. The first-order valence-electron chi connectivity index (χ1n) is 8.54. The van der Waals surface area contributed by atoms with Gasteiger partial charge < -0.3 is 19.3 Å². The largest absolute Gasteiger partial charge is 0.497 e. The van der Waals surface area contributed by atoms with Crippen molar-refractivity contribution in [1.29, 1.82) is 0 Å². The van der Waals surface area contributed by atoms with Gasteiger partial charge in [-0.3, -0.25) is 9.59 Å². The molecule has 138 valence electrons. The van der Waals surface area contributed by atoms with Crippen molar-refractivity contribution in [2.45, 2.75) is 27.2 Å². The Bertz CT molecular complexity index is 629. The standard InChI is InChI=1S/C19H28N2O4/c1-19(2,3)18(23)21-10-8-20(9-11-21)17(22)13-14-12-15(24-4)6-7-16(14)25-5/h6-7,12H,8-11,13H2,1-5H3. The fourth-order valence-electron chi connectivity index (χ4n) is 2.93. The van der Waals surface area contributed by atoms with Gasteiger partial charge >= 0.3 is 0 Å². The molecular formula is C19H28N2O4. The van der Waals surface area contributed by atoms with Crippen molar-refractivity contribution < 1.29 is 19.1 Å². The second kappa shape index (κ2) is 7.76. The van der Waals surface area contributed by atoms with Gasteiger partial charge in [-0.15, -0.1) is 0 Å². The van der Waals surface area contributed by atoms with Gasteiger partial charge in [-0.25, -0.2) is 0 Å². The van der Waals surface area contributed by atoms with Gasteiger partial charge in [0.2, 0.25) is 11.8 Å². The molecule has 1 aromatic rings. The van der Waals surface area contributed by atoms with Gasteiger partial charge in [0.25, 0.3) is 0 Å². The maximum absolute atomic E-state index is 12.6. The van der Waals surface area contributed by atoms with Crippen LogP contribution in [0.3, 0.4) is 0 Å². The molecule has 1 heterocycles. The molecule has 2 rings (SSSR count). The summed E-state index contributed by atoms with van der Waals surface area (Å²) >= 11 is 0. The first-order valence-corrected chi connectivity index (χ1v) is 8.54. The van der Waals surface area contributed by atoms with Gasteiger partial charge in [0.1, 0.15) is 11.5 Å². The van der Waals surface area contributed by atoms with Gasteiger partial charge in [0, 0.05) is 37.2 Å². The van der Waals surface area contributed by atoms with Crippen LogP contribution in [0.15, 0.2) is 18.2 Å². The Morgan fingerprint density at radius 2 is 1.60 bits per heavy atom. The molecule has 1 aliphatic heterocycles. The van der Waals surface area contributed by atoms with E-state index in [4.69, 9.17) is 9.47 Å². The number of rotatable bonds is 4. The lowest BCUT2D eigenvalue weighted by molar-refractivity contribution is -0.144. The number of hydrogen-bond donors (Lipinski definition) is 0. The van der Waals surface area contributed by atoms with E-state index in [9.17, 15) is 9.59 Å². The molecular weight excluding hydrogens is 320 g/mol. The predicted octanol–water partition coefficient (Wildman–Crippen LogP) is 1.96. The number of benzene rings is 1. The zero-order chi connectivity index (χ0) is 18.6. The molecule has 2 amide bonds. The SMILES string of the molecule is COc1ccc(OC)c(CC(=O)N2CCN(C(=O)C(C)(C)C)CC2)c1. The molecule has 6 nitrogen and oxygen atoms in total. The van der Waals surface area contributed by atoms with E-state index in [2.05, 4.69) is 0 Å². The van der Waals surface area contributed by atoms with Crippen molar-refractivity contribution in [1.82, 2.24) is 9.80 Å². The minimum absolute atomic E-state index is 0.0365. The molecule has 0 atom stereocenters. The molecule has 0 saturated carbocycles. The number of ether oxygens (including phenoxy) is 2. The molecule has 0 unspecified atom stereocenters. The molecule has 0 bridgehead atoms. The Labute approximate surface area is 149 Å². The predicted molar refractivity (Wildman–Crippen MR) is 95.9 cm³/mol. The highest BCUT2D eigenvalue weighted by Gasteiger charge is 2.30. The number of carbonyl (C=O) groups is 2. The lowest BCUT2D eigenvalue weighted by Crippen LogP contribution is -2.53. The van der Waals surface area contributed by atoms with Crippen LogP contribution in [0.1, 0.15) is 26.3 Å². The summed E-state index contributed by atoms with van der Waals surface area (Å²) in [5.41, 5.74) is 0.417. The number of amides is 2. The summed E-state index contributed by atoms with van der Waals surface area (Å²) in [7, 11) is 3.19. The van der Waals surface area contributed by atoms with Crippen LogP contribution in [0.4, 0.5) is 0 Å². The van der Waals surface area contributed by atoms with Gasteiger partial charge in [0.05, 0.1) is 20.6 Å². The van der Waals surface area contributed by atoms with E-state index in [0.717, 1.165) is 5.56 Å². The number of piperazine rings is 1. The Balaban J connectivity index is 1.98. The van der Waals surface area contributed by atoms with E-state index in [1.165, 1.54) is 0 Å². The maximum Gasteiger partial charge on any atom is 0.228 e. The highest BCUT2D eigenvalue weighted by Crippen LogP contribution is 2.25. The molecule has 25 heavy (non-hydrogen) atoms. The lowest BCUT2D eigenvalue weighted by atomic mass is 9.94. The topological polar surface area (TPSA) is 59.1 Å². The summed E-state index contributed by atoms with van der Waals surface area (Å²) in [6.45, 7) is 8.04. The van der Waals surface area contributed by atoms with Crippen molar-refractivity contribution in [2.75, 3.05) is 40.4 Å². The third-order valence-corrected chi connectivity index (χ3v) is 4.39. The summed E-state index contributed by atoms with van der Waals surface area (Å²) < 4.78 is 10.6. The summed E-state index contributed by atoms with van der Waals surface area (Å²) in [4.78, 5) is 28.6. The molecule has 0 radical (unpaired) electrons. The quantitative estimate of drug-likeness (QED) is 0.835. The van der Waals surface area contributed by atoms with Crippen LogP contribution in [-0.4, -0.2) is 62.0 Å². The molecule has 6 heteroatoms. The summed E-state index contributed by atoms with van der Waals surface area (Å²) in [5, 5.41) is 0. The number of carbonyl (C=O) groups excluding carboxylic acids is 2. The average molecular weight is 348 g/mol. The molecule has 0 N–H and O–H groups in total. The molecule has 0 spiro atoms. The second-order valence-corrected chi connectivity index (χ2v) is 7.28. The number of nitrogens with zero attached hydrogens (tertiary/aromatic N) is 2. The monoisotopic (exact) mass is 348 g/mol. The Morgan fingerprint density at radius 3 is 2.12 bits per heavy atom. The first kappa shape index (κ1) is 19.1. The molecule has 0 aliphatic carbocycles. The van der Waals surface area contributed by atoms with E-state index in [1.807, 2.05) is 42.7 Å². The molecule has 1 aliphatic rings. The smallest absolute Gasteiger partial charge is 0.228 e. The van der Waals surface area contributed by atoms with Gasteiger partial charge in [-0.1, -0.05) is 20.8 Å². The minimum atomic E-state index is -0.389. The van der Waals surface area contributed by atoms with Crippen LogP contribution in [0.5, 0.6) is 11.5 Å². The first-order chi connectivity index (χ1) is 11.8. The van der Waals surface area contributed by atoms with Gasteiger partial charge in [-0.05, 0) is 18.2 Å². The highest BCUT2D eigenvalue weighted by atomic mass is 16.5. The van der Waals surface area contributed by atoms with E-state index in [-0.39, 0.29) is 23.7 Å². The molecule has 1 aromatic carbocycles. The van der Waals surface area contributed by atoms with Crippen LogP contribution < -0.4 is 9.47 Å². The van der Waals surface area contributed by atoms with E-state index < -0.39 is 0 Å². The van der Waals surface area contributed by atoms with E-state index in [0.29, 0.717) is 37.7 Å². The van der Waals surface area contributed by atoms with Crippen LogP contribution in [0.25, 0.3) is 0 Å². The summed E-state index contributed by atoms with van der Waals surface area (Å²) in [6.07, 6.45) is 0.258. The fourth-order valence-corrected chi connectivity index (χ4v) is 2.93. The van der Waals surface area contributed by atoms with Crippen molar-refractivity contribution in [3.63, 3.8) is 0 Å². The zero-order valence-electron chi connectivity index (χ0n) is 15.8. The molecule has 1 fully saturated rings. The van der Waals surface area contributed by atoms with Crippen molar-refractivity contribution in [2.24, 2.45) is 5.41 Å². The van der Waals surface area contributed by atoms with Gasteiger partial charge in [-0.2, -0.15) is 0 Å². The van der Waals surface area contributed by atoms with Crippen molar-refractivity contribution in [3.8, 4) is 11.5 Å². The van der Waals surface area contributed by atoms with Crippen molar-refractivity contribution in [3.05, 3.63) is 23.8 Å². The van der Waals surface area contributed by atoms with Crippen LogP contribution in [0.2, 0.25) is 0 Å². The third kappa shape index (κ3) is 4.65. The minimum Gasteiger partial charge on any atom is -0.497 e. The van der Waals surface area contributed by atoms with Gasteiger partial charge in [0.15, 0.2) is 0 Å². The van der Waals surface area contributed by atoms with E-state index in [1.54, 1.807) is 20.3 Å². The van der Waals surface area contributed by atoms with Crippen LogP contribution >= 0.6 is 0 Å². The second-order valence-electron chi connectivity index (χ2n) is 7.28. The Kier molecular flexibility index (Phi) is 5.93. The number of hydrogen-bond acceptors (Lipinski definition) is 4. The average Bonchev–Trinajstić information content (AvgIpc) is 2.60. The van der Waals surface area contributed by atoms with E-state index >= 15 is 0 Å². The molecule has 1 saturated heterocycles. The van der Waals surface area contributed by atoms with Crippen LogP contribution in [0, 0.1) is 5.41 Å². The fraction of sp³-hybridized carbons (Fsp3) is 0.579. The number of methoxy groups -OCH3 is 2. The Hall–Kier alpha value is -2.24. The summed E-state index contributed by atoms with van der Waals surface area (Å²) in [6, 6.07) is 5.45. The van der Waals surface area contributed by atoms with Crippen LogP contribution in [-0.2, 0) is 16.0 Å². The third-order valence-electron chi connectivity index (χ3n) is 4.39. The Morgan fingerprint density at radius 1 is 1.00 bits per heavy atom. The highest BCUT2D eigenvalue weighted by molar-refractivity contribution is 5.83. The maximum atomic E-state index is 12.6. The molecule has 0 aromatic heterocycles. The summed E-state index contributed by atoms with van der Waals surface area (Å²) in [5.74, 6) is 1.54. The van der Waals surface area contributed by atoms with Crippen molar-refractivity contribution >= 4 is 11.8 Å².